The van der Waals surface area contributed by atoms with Crippen molar-refractivity contribution in [2.24, 2.45) is 5.10 Å². The third kappa shape index (κ3) is 6.01. The minimum absolute atomic E-state index is 0.259. The first-order valence-electron chi connectivity index (χ1n) is 8.41. The summed E-state index contributed by atoms with van der Waals surface area (Å²) in [6.07, 6.45) is -3.51. The van der Waals surface area contributed by atoms with Crippen LogP contribution in [-0.4, -0.2) is 39.4 Å². The molecule has 2 amide bonds. The largest absolute Gasteiger partial charge is 0.493 e. The Morgan fingerprint density at radius 2 is 1.61 bits per heavy atom. The van der Waals surface area contributed by atoms with Crippen LogP contribution in [-0.2, 0) is 15.8 Å². The zero-order valence-corrected chi connectivity index (χ0v) is 17.2. The van der Waals surface area contributed by atoms with Crippen LogP contribution in [0.5, 0.6) is 17.2 Å². The second-order valence-corrected chi connectivity index (χ2v) is 6.21. The van der Waals surface area contributed by atoms with Gasteiger partial charge in [0.15, 0.2) is 11.5 Å². The molecule has 0 unspecified atom stereocenters. The Morgan fingerprint density at radius 1 is 1.00 bits per heavy atom. The Bertz CT molecular complexity index is 987. The SMILES string of the molecule is COc1cc(/C=N\NC(=O)C(=O)Nc2ccc(Cl)c(C(F)(F)F)c2)cc(OC)c1OC. The molecule has 0 aliphatic rings. The number of anilines is 1. The molecule has 2 aromatic rings. The Labute approximate surface area is 179 Å². The normalized spacial score (nSPS) is 11.2. The van der Waals surface area contributed by atoms with E-state index in [1.165, 1.54) is 27.5 Å². The van der Waals surface area contributed by atoms with Crippen molar-refractivity contribution in [1.82, 2.24) is 5.43 Å². The molecule has 0 aliphatic heterocycles. The van der Waals surface area contributed by atoms with E-state index in [9.17, 15) is 22.8 Å². The minimum Gasteiger partial charge on any atom is -0.493 e. The Hall–Kier alpha value is -3.47. The maximum atomic E-state index is 12.9. The number of hydrogen-bond donors (Lipinski definition) is 2. The first kappa shape index (κ1) is 23.8. The highest BCUT2D eigenvalue weighted by Gasteiger charge is 2.33. The highest BCUT2D eigenvalue weighted by Crippen LogP contribution is 2.38. The number of hydrazone groups is 1. The fourth-order valence-electron chi connectivity index (χ4n) is 2.40. The summed E-state index contributed by atoms with van der Waals surface area (Å²) in [6, 6.07) is 5.79. The van der Waals surface area contributed by atoms with Crippen molar-refractivity contribution < 1.29 is 37.0 Å². The average Bonchev–Trinajstić information content (AvgIpc) is 2.73. The molecule has 2 N–H and O–H groups in total. The van der Waals surface area contributed by atoms with E-state index in [0.29, 0.717) is 28.9 Å². The first-order chi connectivity index (χ1) is 14.6. The molecule has 12 heteroatoms. The summed E-state index contributed by atoms with van der Waals surface area (Å²) in [7, 11) is 4.28. The summed E-state index contributed by atoms with van der Waals surface area (Å²) in [4.78, 5) is 23.8. The van der Waals surface area contributed by atoms with Gasteiger partial charge in [-0.25, -0.2) is 5.43 Å². The number of methoxy groups -OCH3 is 3. The molecule has 0 heterocycles. The molecule has 0 saturated heterocycles. The molecule has 0 radical (unpaired) electrons. The number of rotatable bonds is 6. The van der Waals surface area contributed by atoms with Crippen molar-refractivity contribution in [3.8, 4) is 17.2 Å². The second kappa shape index (κ2) is 10.0. The lowest BCUT2D eigenvalue weighted by atomic mass is 10.2. The molecule has 0 aromatic heterocycles. The van der Waals surface area contributed by atoms with E-state index in [1.807, 2.05) is 10.7 Å². The van der Waals surface area contributed by atoms with Gasteiger partial charge in [-0.05, 0) is 30.3 Å². The monoisotopic (exact) mass is 459 g/mol. The van der Waals surface area contributed by atoms with E-state index < -0.39 is 28.6 Å². The lowest BCUT2D eigenvalue weighted by Crippen LogP contribution is -2.32. The predicted octanol–water partition coefficient (Wildman–Crippen LogP) is 3.47. The van der Waals surface area contributed by atoms with Crippen LogP contribution in [0, 0.1) is 0 Å². The fraction of sp³-hybridized carbons (Fsp3) is 0.211. The first-order valence-corrected chi connectivity index (χ1v) is 8.79. The number of alkyl halides is 3. The van der Waals surface area contributed by atoms with Gasteiger partial charge in [0.2, 0.25) is 5.75 Å². The molecule has 2 aromatic carbocycles. The Balaban J connectivity index is 2.08. The second-order valence-electron chi connectivity index (χ2n) is 5.80. The van der Waals surface area contributed by atoms with Crippen LogP contribution in [0.1, 0.15) is 11.1 Å². The van der Waals surface area contributed by atoms with Crippen LogP contribution in [0.4, 0.5) is 18.9 Å². The maximum absolute atomic E-state index is 12.9. The highest BCUT2D eigenvalue weighted by atomic mass is 35.5. The van der Waals surface area contributed by atoms with Crippen molar-refractivity contribution in [1.29, 1.82) is 0 Å². The number of ether oxygens (including phenoxy) is 3. The smallest absolute Gasteiger partial charge is 0.417 e. The van der Waals surface area contributed by atoms with E-state index in [4.69, 9.17) is 25.8 Å². The van der Waals surface area contributed by atoms with Crippen molar-refractivity contribution in [2.45, 2.75) is 6.18 Å². The van der Waals surface area contributed by atoms with Crippen molar-refractivity contribution in [2.75, 3.05) is 26.6 Å². The van der Waals surface area contributed by atoms with Gasteiger partial charge >= 0.3 is 18.0 Å². The number of halogens is 4. The molecule has 0 atom stereocenters. The van der Waals surface area contributed by atoms with E-state index in [2.05, 4.69) is 5.10 Å². The highest BCUT2D eigenvalue weighted by molar-refractivity contribution is 6.39. The zero-order valence-electron chi connectivity index (χ0n) is 16.5. The molecule has 166 valence electrons. The Morgan fingerprint density at radius 3 is 2.13 bits per heavy atom. The predicted molar refractivity (Wildman–Crippen MR) is 107 cm³/mol. The van der Waals surface area contributed by atoms with Crippen LogP contribution in [0.2, 0.25) is 5.02 Å². The molecule has 2 rings (SSSR count). The summed E-state index contributed by atoms with van der Waals surface area (Å²) in [5.41, 5.74) is 1.01. The van der Waals surface area contributed by atoms with Crippen LogP contribution in [0.3, 0.4) is 0 Å². The average molecular weight is 460 g/mol. The van der Waals surface area contributed by atoms with Gasteiger partial charge in [0, 0.05) is 11.3 Å². The van der Waals surface area contributed by atoms with E-state index in [1.54, 1.807) is 12.1 Å². The summed E-state index contributed by atoms with van der Waals surface area (Å²) in [5.74, 6) is -1.39. The number of nitrogens with one attached hydrogen (secondary N) is 2. The molecule has 8 nitrogen and oxygen atoms in total. The summed E-state index contributed by atoms with van der Waals surface area (Å²) in [5, 5.41) is 5.15. The number of nitrogens with zero attached hydrogens (tertiary/aromatic N) is 1. The van der Waals surface area contributed by atoms with Crippen molar-refractivity contribution >= 4 is 35.3 Å². The molecule has 0 saturated carbocycles. The van der Waals surface area contributed by atoms with Crippen LogP contribution in [0.15, 0.2) is 35.4 Å². The van der Waals surface area contributed by atoms with Crippen molar-refractivity contribution in [3.05, 3.63) is 46.5 Å². The number of benzene rings is 2. The summed E-state index contributed by atoms with van der Waals surface area (Å²) in [6.45, 7) is 0. The molecular weight excluding hydrogens is 443 g/mol. The molecule has 0 spiro atoms. The molecular formula is C19H17ClF3N3O5. The van der Waals surface area contributed by atoms with Gasteiger partial charge in [-0.1, -0.05) is 11.6 Å². The fourth-order valence-corrected chi connectivity index (χ4v) is 2.62. The zero-order chi connectivity index (χ0) is 23.2. The van der Waals surface area contributed by atoms with Gasteiger partial charge < -0.3 is 19.5 Å². The quantitative estimate of drug-likeness (QED) is 0.391. The maximum Gasteiger partial charge on any atom is 0.417 e. The van der Waals surface area contributed by atoms with E-state index in [0.717, 1.165) is 12.1 Å². The van der Waals surface area contributed by atoms with E-state index >= 15 is 0 Å². The van der Waals surface area contributed by atoms with Gasteiger partial charge in [0.25, 0.3) is 0 Å². The Kier molecular flexibility index (Phi) is 7.70. The number of hydrogen-bond acceptors (Lipinski definition) is 6. The van der Waals surface area contributed by atoms with Crippen LogP contribution in [0.25, 0.3) is 0 Å². The molecule has 31 heavy (non-hydrogen) atoms. The van der Waals surface area contributed by atoms with Crippen LogP contribution >= 0.6 is 11.6 Å². The number of carbonyl (C=O) groups is 2. The topological polar surface area (TPSA) is 98.2 Å². The summed E-state index contributed by atoms with van der Waals surface area (Å²) >= 11 is 5.51. The lowest BCUT2D eigenvalue weighted by molar-refractivity contribution is -0.137. The molecule has 0 fully saturated rings. The van der Waals surface area contributed by atoms with Crippen molar-refractivity contribution in [3.63, 3.8) is 0 Å². The lowest BCUT2D eigenvalue weighted by Gasteiger charge is -2.12. The van der Waals surface area contributed by atoms with Gasteiger partial charge in [-0.15, -0.1) is 0 Å². The van der Waals surface area contributed by atoms with Gasteiger partial charge in [-0.3, -0.25) is 9.59 Å². The number of amides is 2. The minimum atomic E-state index is -4.72. The standard InChI is InChI=1S/C19H17ClF3N3O5/c1-29-14-6-10(7-15(30-2)16(14)31-3)9-24-26-18(28)17(27)25-11-4-5-13(20)12(8-11)19(21,22)23/h4-9H,1-3H3,(H,25,27)(H,26,28)/b24-9-. The van der Waals surface area contributed by atoms with E-state index in [-0.39, 0.29) is 5.69 Å². The number of carbonyl (C=O) groups excluding carboxylic acids is 2. The third-order valence-electron chi connectivity index (χ3n) is 3.80. The van der Waals surface area contributed by atoms with Gasteiger partial charge in [0.1, 0.15) is 0 Å². The van der Waals surface area contributed by atoms with Crippen LogP contribution < -0.4 is 25.0 Å². The third-order valence-corrected chi connectivity index (χ3v) is 4.13. The van der Waals surface area contributed by atoms with Gasteiger partial charge in [0.05, 0.1) is 38.1 Å². The van der Waals surface area contributed by atoms with Gasteiger partial charge in [-0.2, -0.15) is 18.3 Å². The molecule has 0 bridgehead atoms. The molecule has 0 aliphatic carbocycles. The summed E-state index contributed by atoms with van der Waals surface area (Å²) < 4.78 is 54.2.